The molecule has 1 saturated heterocycles. The zero-order valence-corrected chi connectivity index (χ0v) is 6.51. The van der Waals surface area contributed by atoms with Gasteiger partial charge in [-0.3, -0.25) is 0 Å². The summed E-state index contributed by atoms with van der Waals surface area (Å²) in [7, 11) is 0. The van der Waals surface area contributed by atoms with E-state index in [0.29, 0.717) is 5.92 Å². The smallest absolute Gasteiger partial charge is 0.145 e. The van der Waals surface area contributed by atoms with Gasteiger partial charge >= 0.3 is 0 Å². The zero-order chi connectivity index (χ0) is 8.39. The molecule has 12 heavy (non-hydrogen) atoms. The highest BCUT2D eigenvalue weighted by Gasteiger charge is 2.28. The second-order valence-electron chi connectivity index (χ2n) is 2.88. The fourth-order valence-electron chi connectivity index (χ4n) is 1.28. The molecule has 0 bridgehead atoms. The lowest BCUT2D eigenvalue weighted by Gasteiger charge is -2.30. The highest BCUT2D eigenvalue weighted by Crippen LogP contribution is 2.19. The van der Waals surface area contributed by atoms with Gasteiger partial charge in [-0.25, -0.2) is 4.68 Å². The van der Waals surface area contributed by atoms with E-state index < -0.39 is 0 Å². The van der Waals surface area contributed by atoms with Gasteiger partial charge < -0.3 is 5.32 Å². The van der Waals surface area contributed by atoms with E-state index in [4.69, 9.17) is 5.26 Å². The van der Waals surface area contributed by atoms with Crippen LogP contribution in [0.1, 0.15) is 6.04 Å². The van der Waals surface area contributed by atoms with Crippen molar-refractivity contribution >= 4 is 0 Å². The van der Waals surface area contributed by atoms with Gasteiger partial charge in [-0.2, -0.15) is 5.26 Å². The first-order valence-electron chi connectivity index (χ1n) is 3.88. The van der Waals surface area contributed by atoms with E-state index in [-0.39, 0.29) is 6.04 Å². The zero-order valence-electron chi connectivity index (χ0n) is 6.51. The SMILES string of the molecule is N#CC(C1CNC1)n1ccnn1. The second kappa shape index (κ2) is 2.91. The van der Waals surface area contributed by atoms with Crippen LogP contribution in [0.25, 0.3) is 0 Å². The van der Waals surface area contributed by atoms with Crippen LogP contribution in [0.15, 0.2) is 12.4 Å². The largest absolute Gasteiger partial charge is 0.316 e. The van der Waals surface area contributed by atoms with Crippen LogP contribution in [0.4, 0.5) is 0 Å². The summed E-state index contributed by atoms with van der Waals surface area (Å²) in [4.78, 5) is 0. The summed E-state index contributed by atoms with van der Waals surface area (Å²) in [6, 6.07) is 2.07. The minimum Gasteiger partial charge on any atom is -0.316 e. The molecule has 1 aromatic heterocycles. The minimum absolute atomic E-state index is 0.159. The molecule has 0 amide bonds. The van der Waals surface area contributed by atoms with E-state index in [1.165, 1.54) is 0 Å². The number of hydrogen-bond acceptors (Lipinski definition) is 4. The summed E-state index contributed by atoms with van der Waals surface area (Å²) in [6.07, 6.45) is 3.32. The van der Waals surface area contributed by atoms with Crippen molar-refractivity contribution in [2.45, 2.75) is 6.04 Å². The highest BCUT2D eigenvalue weighted by molar-refractivity contribution is 4.98. The quantitative estimate of drug-likeness (QED) is 0.642. The standard InChI is InChI=1S/C7H9N5/c8-3-7(6-4-9-5-6)12-2-1-10-11-12/h1-2,6-7,9H,4-5H2. The van der Waals surface area contributed by atoms with Crippen LogP contribution >= 0.6 is 0 Å². The van der Waals surface area contributed by atoms with Crippen molar-refractivity contribution in [2.75, 3.05) is 13.1 Å². The Balaban J connectivity index is 2.14. The van der Waals surface area contributed by atoms with Crippen LogP contribution in [0, 0.1) is 17.2 Å². The maximum Gasteiger partial charge on any atom is 0.145 e. The van der Waals surface area contributed by atoms with Crippen molar-refractivity contribution in [2.24, 2.45) is 5.92 Å². The normalized spacial score (nSPS) is 19.6. The van der Waals surface area contributed by atoms with Crippen molar-refractivity contribution in [3.8, 4) is 6.07 Å². The van der Waals surface area contributed by atoms with Gasteiger partial charge in [0.1, 0.15) is 6.04 Å². The third-order valence-corrected chi connectivity index (χ3v) is 2.12. The number of aromatic nitrogens is 3. The molecule has 0 aromatic carbocycles. The van der Waals surface area contributed by atoms with Crippen LogP contribution in [0.3, 0.4) is 0 Å². The maximum atomic E-state index is 8.87. The number of nitrogens with zero attached hydrogens (tertiary/aromatic N) is 4. The monoisotopic (exact) mass is 163 g/mol. The maximum absolute atomic E-state index is 8.87. The Morgan fingerprint density at radius 2 is 2.50 bits per heavy atom. The predicted molar refractivity (Wildman–Crippen MR) is 41.0 cm³/mol. The Labute approximate surface area is 70.0 Å². The molecule has 1 aromatic rings. The van der Waals surface area contributed by atoms with Gasteiger partial charge in [-0.15, -0.1) is 5.10 Å². The molecular formula is C7H9N5. The lowest BCUT2D eigenvalue weighted by atomic mass is 9.95. The third kappa shape index (κ3) is 1.06. The lowest BCUT2D eigenvalue weighted by Crippen LogP contribution is -2.46. The first-order chi connectivity index (χ1) is 5.92. The van der Waals surface area contributed by atoms with Crippen molar-refractivity contribution in [3.05, 3.63) is 12.4 Å². The van der Waals surface area contributed by atoms with Gasteiger partial charge in [0.25, 0.3) is 0 Å². The predicted octanol–water partition coefficient (Wildman–Crippen LogP) is -0.438. The molecule has 0 aliphatic carbocycles. The fraction of sp³-hybridized carbons (Fsp3) is 0.571. The molecule has 5 heteroatoms. The van der Waals surface area contributed by atoms with E-state index in [0.717, 1.165) is 13.1 Å². The molecule has 2 heterocycles. The Bertz CT molecular complexity index is 281. The average Bonchev–Trinajstić information content (AvgIpc) is 2.47. The van der Waals surface area contributed by atoms with Crippen molar-refractivity contribution in [3.63, 3.8) is 0 Å². The topological polar surface area (TPSA) is 66.5 Å². The van der Waals surface area contributed by atoms with E-state index in [2.05, 4.69) is 21.7 Å². The molecule has 0 spiro atoms. The van der Waals surface area contributed by atoms with E-state index in [9.17, 15) is 0 Å². The van der Waals surface area contributed by atoms with Crippen LogP contribution < -0.4 is 5.32 Å². The van der Waals surface area contributed by atoms with E-state index in [1.54, 1.807) is 17.1 Å². The molecule has 1 fully saturated rings. The summed E-state index contributed by atoms with van der Waals surface area (Å²) in [6.45, 7) is 1.80. The Kier molecular flexibility index (Phi) is 1.76. The number of hydrogen-bond donors (Lipinski definition) is 1. The molecule has 1 unspecified atom stereocenters. The summed E-state index contributed by atoms with van der Waals surface area (Å²) in [5.41, 5.74) is 0. The molecule has 0 saturated carbocycles. The van der Waals surface area contributed by atoms with Gasteiger partial charge in [0.05, 0.1) is 12.3 Å². The van der Waals surface area contributed by atoms with Gasteiger partial charge in [0.2, 0.25) is 0 Å². The molecule has 1 aliphatic heterocycles. The molecular weight excluding hydrogens is 154 g/mol. The number of rotatable bonds is 2. The average molecular weight is 163 g/mol. The fourth-order valence-corrected chi connectivity index (χ4v) is 1.28. The van der Waals surface area contributed by atoms with Gasteiger partial charge in [0.15, 0.2) is 0 Å². The molecule has 5 nitrogen and oxygen atoms in total. The Hall–Kier alpha value is -1.41. The van der Waals surface area contributed by atoms with Crippen LogP contribution in [0.5, 0.6) is 0 Å². The van der Waals surface area contributed by atoms with Crippen molar-refractivity contribution in [1.82, 2.24) is 20.3 Å². The van der Waals surface area contributed by atoms with Crippen LogP contribution in [-0.4, -0.2) is 28.1 Å². The summed E-state index contributed by atoms with van der Waals surface area (Å²) in [5.74, 6) is 0.386. The lowest BCUT2D eigenvalue weighted by molar-refractivity contribution is 0.261. The molecule has 1 atom stereocenters. The second-order valence-corrected chi connectivity index (χ2v) is 2.88. The first-order valence-corrected chi connectivity index (χ1v) is 3.88. The summed E-state index contributed by atoms with van der Waals surface area (Å²) < 4.78 is 1.62. The Morgan fingerprint density at radius 1 is 1.67 bits per heavy atom. The van der Waals surface area contributed by atoms with Crippen molar-refractivity contribution in [1.29, 1.82) is 5.26 Å². The van der Waals surface area contributed by atoms with Gasteiger partial charge in [-0.05, 0) is 0 Å². The third-order valence-electron chi connectivity index (χ3n) is 2.12. The van der Waals surface area contributed by atoms with Crippen LogP contribution in [0.2, 0.25) is 0 Å². The molecule has 1 aliphatic rings. The molecule has 2 rings (SSSR count). The molecule has 1 N–H and O–H groups in total. The number of nitrogens with one attached hydrogen (secondary N) is 1. The van der Waals surface area contributed by atoms with Gasteiger partial charge in [0, 0.05) is 25.2 Å². The van der Waals surface area contributed by atoms with Gasteiger partial charge in [-0.1, -0.05) is 5.21 Å². The highest BCUT2D eigenvalue weighted by atomic mass is 15.4. The summed E-state index contributed by atoms with van der Waals surface area (Å²) in [5, 5.41) is 19.5. The van der Waals surface area contributed by atoms with E-state index in [1.807, 2.05) is 0 Å². The Morgan fingerprint density at radius 3 is 2.92 bits per heavy atom. The first kappa shape index (κ1) is 7.25. The van der Waals surface area contributed by atoms with Crippen LogP contribution in [-0.2, 0) is 0 Å². The van der Waals surface area contributed by atoms with E-state index >= 15 is 0 Å². The number of nitriles is 1. The van der Waals surface area contributed by atoms with Crippen molar-refractivity contribution < 1.29 is 0 Å². The molecule has 0 radical (unpaired) electrons. The minimum atomic E-state index is -0.159. The summed E-state index contributed by atoms with van der Waals surface area (Å²) >= 11 is 0. The molecule has 62 valence electrons.